The van der Waals surface area contributed by atoms with Gasteiger partial charge in [-0.05, 0) is 24.1 Å². The van der Waals surface area contributed by atoms with E-state index in [1.807, 2.05) is 24.3 Å². The first kappa shape index (κ1) is 15.0. The maximum atomic E-state index is 13.2. The first-order valence-electron chi connectivity index (χ1n) is 7.01. The highest BCUT2D eigenvalue weighted by atomic mass is 19.1. The highest BCUT2D eigenvalue weighted by Crippen LogP contribution is 2.29. The second-order valence-corrected chi connectivity index (χ2v) is 5.08. The average Bonchev–Trinajstić information content (AvgIpc) is 2.96. The van der Waals surface area contributed by atoms with E-state index in [2.05, 4.69) is 0 Å². The van der Waals surface area contributed by atoms with Gasteiger partial charge in [-0.15, -0.1) is 0 Å². The summed E-state index contributed by atoms with van der Waals surface area (Å²) < 4.78 is 18.4. The van der Waals surface area contributed by atoms with E-state index in [4.69, 9.17) is 4.74 Å². The van der Waals surface area contributed by atoms with Gasteiger partial charge in [0.25, 0.3) is 5.91 Å². The van der Waals surface area contributed by atoms with Gasteiger partial charge in [0.1, 0.15) is 5.82 Å². The van der Waals surface area contributed by atoms with Gasteiger partial charge in [0, 0.05) is 24.4 Å². The van der Waals surface area contributed by atoms with E-state index in [9.17, 15) is 19.3 Å². The Morgan fingerprint density at radius 3 is 2.87 bits per heavy atom. The molecule has 0 saturated carbocycles. The number of nitro groups is 1. The molecule has 3 rings (SSSR count). The highest BCUT2D eigenvalue weighted by molar-refractivity contribution is 5.96. The fraction of sp³-hybridized carbons (Fsp3) is 0.188. The molecule has 1 amide bonds. The van der Waals surface area contributed by atoms with Crippen molar-refractivity contribution in [2.45, 2.75) is 6.42 Å². The van der Waals surface area contributed by atoms with Gasteiger partial charge in [-0.2, -0.15) is 0 Å². The minimum atomic E-state index is -0.676. The standard InChI is InChI=1S/C16H13FN2O4/c17-12-5-6-14(19(21)22)15(9-12)23-10-16(20)18-8-7-11-3-1-2-4-13(11)18/h1-6,9H,7-8,10H2. The zero-order valence-electron chi connectivity index (χ0n) is 12.1. The molecule has 0 aromatic heterocycles. The van der Waals surface area contributed by atoms with Crippen molar-refractivity contribution in [1.82, 2.24) is 0 Å². The second-order valence-electron chi connectivity index (χ2n) is 5.08. The number of nitro benzene ring substituents is 1. The van der Waals surface area contributed by atoms with Crippen molar-refractivity contribution >= 4 is 17.3 Å². The van der Waals surface area contributed by atoms with Crippen LogP contribution in [0.25, 0.3) is 0 Å². The van der Waals surface area contributed by atoms with Gasteiger partial charge in [0.15, 0.2) is 6.61 Å². The molecule has 1 aliphatic rings. The number of carbonyl (C=O) groups is 1. The number of para-hydroxylation sites is 1. The third-order valence-corrected chi connectivity index (χ3v) is 3.66. The number of benzene rings is 2. The monoisotopic (exact) mass is 316 g/mol. The van der Waals surface area contributed by atoms with Crippen molar-refractivity contribution in [1.29, 1.82) is 0 Å². The van der Waals surface area contributed by atoms with Crippen LogP contribution in [0.1, 0.15) is 5.56 Å². The Balaban J connectivity index is 1.73. The molecule has 0 bridgehead atoms. The van der Waals surface area contributed by atoms with Crippen LogP contribution in [0.3, 0.4) is 0 Å². The van der Waals surface area contributed by atoms with Gasteiger partial charge in [-0.25, -0.2) is 4.39 Å². The summed E-state index contributed by atoms with van der Waals surface area (Å²) in [5.41, 5.74) is 1.51. The van der Waals surface area contributed by atoms with Gasteiger partial charge in [0.05, 0.1) is 4.92 Å². The molecule has 0 unspecified atom stereocenters. The highest BCUT2D eigenvalue weighted by Gasteiger charge is 2.25. The van der Waals surface area contributed by atoms with Crippen LogP contribution in [-0.2, 0) is 11.2 Å². The lowest BCUT2D eigenvalue weighted by atomic mass is 10.2. The minimum absolute atomic E-state index is 0.254. The largest absolute Gasteiger partial charge is 0.477 e. The van der Waals surface area contributed by atoms with E-state index >= 15 is 0 Å². The van der Waals surface area contributed by atoms with Crippen LogP contribution >= 0.6 is 0 Å². The number of ether oxygens (including phenoxy) is 1. The average molecular weight is 316 g/mol. The van der Waals surface area contributed by atoms with Gasteiger partial charge in [-0.1, -0.05) is 18.2 Å². The molecule has 2 aromatic carbocycles. The maximum absolute atomic E-state index is 13.2. The van der Waals surface area contributed by atoms with Crippen LogP contribution in [0.5, 0.6) is 5.75 Å². The molecule has 0 saturated heterocycles. The summed E-state index contributed by atoms with van der Waals surface area (Å²) in [7, 11) is 0. The van der Waals surface area contributed by atoms with E-state index in [0.717, 1.165) is 35.9 Å². The molecular formula is C16H13FN2O4. The Morgan fingerprint density at radius 2 is 2.09 bits per heavy atom. The zero-order valence-corrected chi connectivity index (χ0v) is 12.1. The van der Waals surface area contributed by atoms with E-state index in [0.29, 0.717) is 6.54 Å². The Hall–Kier alpha value is -2.96. The number of halogens is 1. The summed E-state index contributed by atoms with van der Waals surface area (Å²) >= 11 is 0. The molecule has 118 valence electrons. The summed E-state index contributed by atoms with van der Waals surface area (Å²) in [6.45, 7) is 0.144. The molecule has 23 heavy (non-hydrogen) atoms. The fourth-order valence-electron chi connectivity index (χ4n) is 2.57. The Labute approximate surface area is 131 Å². The summed E-state index contributed by atoms with van der Waals surface area (Å²) in [5, 5.41) is 10.9. The summed E-state index contributed by atoms with van der Waals surface area (Å²) in [4.78, 5) is 24.1. The third-order valence-electron chi connectivity index (χ3n) is 3.66. The van der Waals surface area contributed by atoms with Crippen molar-refractivity contribution in [2.75, 3.05) is 18.1 Å². The normalized spacial score (nSPS) is 12.8. The molecule has 6 nitrogen and oxygen atoms in total. The number of amides is 1. The van der Waals surface area contributed by atoms with Crippen molar-refractivity contribution in [3.63, 3.8) is 0 Å². The van der Waals surface area contributed by atoms with Crippen LogP contribution in [0, 0.1) is 15.9 Å². The molecule has 0 spiro atoms. The summed E-state index contributed by atoms with van der Waals surface area (Å²) in [5.74, 6) is -1.24. The fourth-order valence-corrected chi connectivity index (χ4v) is 2.57. The number of nitrogens with zero attached hydrogens (tertiary/aromatic N) is 2. The first-order chi connectivity index (χ1) is 11.1. The molecule has 0 N–H and O–H groups in total. The van der Waals surface area contributed by atoms with Gasteiger partial charge in [0.2, 0.25) is 5.75 Å². The molecular weight excluding hydrogens is 303 g/mol. The SMILES string of the molecule is O=C(COc1cc(F)ccc1[N+](=O)[O-])N1CCc2ccccc21. The van der Waals surface area contributed by atoms with Crippen molar-refractivity contribution < 1.29 is 18.8 Å². The topological polar surface area (TPSA) is 72.7 Å². The van der Waals surface area contributed by atoms with Crippen LogP contribution in [0.15, 0.2) is 42.5 Å². The molecule has 1 heterocycles. The molecule has 0 fully saturated rings. The number of rotatable bonds is 4. The van der Waals surface area contributed by atoms with Crippen molar-refractivity contribution in [2.24, 2.45) is 0 Å². The van der Waals surface area contributed by atoms with Crippen molar-refractivity contribution in [3.05, 3.63) is 64.0 Å². The van der Waals surface area contributed by atoms with Crippen molar-refractivity contribution in [3.8, 4) is 5.75 Å². The summed E-state index contributed by atoms with van der Waals surface area (Å²) in [6.07, 6.45) is 0.752. The predicted octanol–water partition coefficient (Wildman–Crippen LogP) is 2.70. The smallest absolute Gasteiger partial charge is 0.311 e. The molecule has 0 atom stereocenters. The van der Waals surface area contributed by atoms with Crippen LogP contribution < -0.4 is 9.64 Å². The summed E-state index contributed by atoms with van der Waals surface area (Å²) in [6, 6.07) is 10.4. The second kappa shape index (κ2) is 6.04. The van der Waals surface area contributed by atoms with E-state index in [1.165, 1.54) is 0 Å². The maximum Gasteiger partial charge on any atom is 0.311 e. The van der Waals surface area contributed by atoms with Crippen LogP contribution in [0.4, 0.5) is 15.8 Å². The Bertz CT molecular complexity index is 778. The number of anilines is 1. The van der Waals surface area contributed by atoms with E-state index in [1.54, 1.807) is 4.90 Å². The van der Waals surface area contributed by atoms with Gasteiger partial charge in [-0.3, -0.25) is 14.9 Å². The molecule has 0 aliphatic carbocycles. The quantitative estimate of drug-likeness (QED) is 0.642. The number of carbonyl (C=O) groups excluding carboxylic acids is 1. The minimum Gasteiger partial charge on any atom is -0.477 e. The van der Waals surface area contributed by atoms with E-state index < -0.39 is 17.3 Å². The molecule has 0 radical (unpaired) electrons. The van der Waals surface area contributed by atoms with Gasteiger partial charge >= 0.3 is 5.69 Å². The lowest BCUT2D eigenvalue weighted by molar-refractivity contribution is -0.385. The third kappa shape index (κ3) is 2.98. The first-order valence-corrected chi connectivity index (χ1v) is 7.01. The lowest BCUT2D eigenvalue weighted by Crippen LogP contribution is -2.33. The predicted molar refractivity (Wildman–Crippen MR) is 81.0 cm³/mol. The molecule has 2 aromatic rings. The number of hydrogen-bond donors (Lipinski definition) is 0. The lowest BCUT2D eigenvalue weighted by Gasteiger charge is -2.17. The number of fused-ring (bicyclic) bond motifs is 1. The molecule has 1 aliphatic heterocycles. The number of hydrogen-bond acceptors (Lipinski definition) is 4. The van der Waals surface area contributed by atoms with Crippen LogP contribution in [-0.4, -0.2) is 24.0 Å². The zero-order chi connectivity index (χ0) is 16.4. The van der Waals surface area contributed by atoms with E-state index in [-0.39, 0.29) is 17.3 Å². The molecule has 7 heteroatoms. The van der Waals surface area contributed by atoms with Gasteiger partial charge < -0.3 is 9.64 Å². The van der Waals surface area contributed by atoms with Crippen LogP contribution in [0.2, 0.25) is 0 Å². The Kier molecular flexibility index (Phi) is 3.92. The Morgan fingerprint density at radius 1 is 1.30 bits per heavy atom.